The number of carboxylic acid groups (broad SMARTS) is 1. The number of rotatable bonds is 2. The van der Waals surface area contributed by atoms with E-state index in [2.05, 4.69) is 20.9 Å². The molecule has 0 spiro atoms. The number of hydrogen-bond acceptors (Lipinski definition) is 5. The lowest BCUT2D eigenvalue weighted by molar-refractivity contribution is -0.142. The molecule has 5 nitrogen and oxygen atoms in total. The molecule has 118 valence electrons. The van der Waals surface area contributed by atoms with Gasteiger partial charge in [0.1, 0.15) is 0 Å². The summed E-state index contributed by atoms with van der Waals surface area (Å²) in [5.41, 5.74) is 0.876. The molecule has 0 bridgehead atoms. The van der Waals surface area contributed by atoms with Gasteiger partial charge in [-0.05, 0) is 30.5 Å². The van der Waals surface area contributed by atoms with Crippen molar-refractivity contribution in [3.8, 4) is 0 Å². The zero-order valence-corrected chi connectivity index (χ0v) is 13.8. The summed E-state index contributed by atoms with van der Waals surface area (Å²) in [4.78, 5) is 22.1. The summed E-state index contributed by atoms with van der Waals surface area (Å²) in [6.45, 7) is 1.35. The van der Waals surface area contributed by atoms with Gasteiger partial charge in [-0.3, -0.25) is 4.79 Å². The number of halogens is 1. The minimum absolute atomic E-state index is 0.233. The van der Waals surface area contributed by atoms with Crippen LogP contribution in [0.2, 0.25) is 5.28 Å². The second kappa shape index (κ2) is 5.62. The monoisotopic (exact) mass is 347 g/mol. The first kappa shape index (κ1) is 14.7. The van der Waals surface area contributed by atoms with Crippen LogP contribution in [0.4, 0.5) is 5.82 Å². The van der Waals surface area contributed by atoms with Crippen LogP contribution in [0.5, 0.6) is 0 Å². The summed E-state index contributed by atoms with van der Waals surface area (Å²) >= 11 is 7.80. The number of piperidine rings is 1. The van der Waals surface area contributed by atoms with E-state index in [1.165, 1.54) is 0 Å². The third kappa shape index (κ3) is 2.52. The van der Waals surface area contributed by atoms with Crippen LogP contribution in [0.1, 0.15) is 12.8 Å². The van der Waals surface area contributed by atoms with Gasteiger partial charge in [-0.2, -0.15) is 4.98 Å². The van der Waals surface area contributed by atoms with Gasteiger partial charge in [0.15, 0.2) is 5.82 Å². The SMILES string of the molecule is O=C(O)C1CCN(c2nc(Cl)nc3c2sc2ccccc23)CC1. The molecule has 7 heteroatoms. The van der Waals surface area contributed by atoms with Crippen molar-refractivity contribution < 1.29 is 9.90 Å². The molecule has 1 aliphatic rings. The fraction of sp³-hybridized carbons (Fsp3) is 0.312. The summed E-state index contributed by atoms with van der Waals surface area (Å²) < 4.78 is 2.17. The highest BCUT2D eigenvalue weighted by Gasteiger charge is 2.27. The van der Waals surface area contributed by atoms with Gasteiger partial charge < -0.3 is 10.0 Å². The van der Waals surface area contributed by atoms with Crippen LogP contribution in [-0.2, 0) is 4.79 Å². The number of aromatic nitrogens is 2. The molecular formula is C16H14ClN3O2S. The maximum absolute atomic E-state index is 11.1. The van der Waals surface area contributed by atoms with Crippen LogP contribution >= 0.6 is 22.9 Å². The van der Waals surface area contributed by atoms with Crippen molar-refractivity contribution in [2.24, 2.45) is 5.92 Å². The Morgan fingerprint density at radius 2 is 2.00 bits per heavy atom. The van der Waals surface area contributed by atoms with Crippen molar-refractivity contribution >= 4 is 55.0 Å². The normalized spacial score (nSPS) is 16.3. The molecule has 4 rings (SSSR count). The third-order valence-corrected chi connectivity index (χ3v) is 5.64. The summed E-state index contributed by atoms with van der Waals surface area (Å²) in [6, 6.07) is 8.10. The third-order valence-electron chi connectivity index (χ3n) is 4.32. The van der Waals surface area contributed by atoms with Gasteiger partial charge in [0.2, 0.25) is 5.28 Å². The molecule has 0 radical (unpaired) electrons. The van der Waals surface area contributed by atoms with Crippen LogP contribution in [0.3, 0.4) is 0 Å². The van der Waals surface area contributed by atoms with Gasteiger partial charge >= 0.3 is 5.97 Å². The Morgan fingerprint density at radius 3 is 2.74 bits per heavy atom. The van der Waals surface area contributed by atoms with E-state index in [1.54, 1.807) is 11.3 Å². The first-order valence-electron chi connectivity index (χ1n) is 7.46. The molecule has 3 aromatic rings. The van der Waals surface area contributed by atoms with Gasteiger partial charge in [0.05, 0.1) is 16.1 Å². The van der Waals surface area contributed by atoms with Crippen molar-refractivity contribution in [1.29, 1.82) is 0 Å². The number of nitrogens with zero attached hydrogens (tertiary/aromatic N) is 3. The average molecular weight is 348 g/mol. The minimum Gasteiger partial charge on any atom is -0.481 e. The van der Waals surface area contributed by atoms with E-state index in [1.807, 2.05) is 18.2 Å². The van der Waals surface area contributed by atoms with Crippen LogP contribution < -0.4 is 4.90 Å². The highest BCUT2D eigenvalue weighted by Crippen LogP contribution is 2.39. The predicted octanol–water partition coefficient (Wildman–Crippen LogP) is 3.80. The second-order valence-electron chi connectivity index (χ2n) is 5.69. The quantitative estimate of drug-likeness (QED) is 0.714. The topological polar surface area (TPSA) is 66.3 Å². The number of benzene rings is 1. The molecule has 1 N–H and O–H groups in total. The van der Waals surface area contributed by atoms with Crippen molar-refractivity contribution in [3.63, 3.8) is 0 Å². The van der Waals surface area contributed by atoms with E-state index in [0.29, 0.717) is 25.9 Å². The number of carbonyl (C=O) groups is 1. The lowest BCUT2D eigenvalue weighted by Crippen LogP contribution is -2.36. The number of thiophene rings is 1. The first-order valence-corrected chi connectivity index (χ1v) is 8.65. The zero-order chi connectivity index (χ0) is 16.0. The lowest BCUT2D eigenvalue weighted by atomic mass is 9.97. The Balaban J connectivity index is 1.79. The van der Waals surface area contributed by atoms with Crippen molar-refractivity contribution in [2.45, 2.75) is 12.8 Å². The van der Waals surface area contributed by atoms with Crippen LogP contribution in [0, 0.1) is 5.92 Å². The molecule has 1 aromatic carbocycles. The van der Waals surface area contributed by atoms with E-state index in [4.69, 9.17) is 16.7 Å². The number of hydrogen-bond donors (Lipinski definition) is 1. The van der Waals surface area contributed by atoms with Crippen molar-refractivity contribution in [3.05, 3.63) is 29.5 Å². The van der Waals surface area contributed by atoms with Gasteiger partial charge in [0.25, 0.3) is 0 Å². The number of carboxylic acids is 1. The molecule has 1 fully saturated rings. The van der Waals surface area contributed by atoms with E-state index in [0.717, 1.165) is 26.1 Å². The predicted molar refractivity (Wildman–Crippen MR) is 92.5 cm³/mol. The van der Waals surface area contributed by atoms with Crippen LogP contribution in [-0.4, -0.2) is 34.1 Å². The standard InChI is InChI=1S/C16H14ClN3O2S/c17-16-18-12-10-3-1-2-4-11(10)23-13(12)14(19-16)20-7-5-9(6-8-20)15(21)22/h1-4,9H,5-8H2,(H,21,22). The summed E-state index contributed by atoms with van der Waals surface area (Å²) in [7, 11) is 0. The molecule has 3 heterocycles. The number of anilines is 1. The fourth-order valence-electron chi connectivity index (χ4n) is 3.10. The molecule has 0 atom stereocenters. The Morgan fingerprint density at radius 1 is 1.26 bits per heavy atom. The molecule has 23 heavy (non-hydrogen) atoms. The Labute approximate surface area is 141 Å². The van der Waals surface area contributed by atoms with Crippen molar-refractivity contribution in [2.75, 3.05) is 18.0 Å². The van der Waals surface area contributed by atoms with Crippen LogP contribution in [0.25, 0.3) is 20.3 Å². The average Bonchev–Trinajstić information content (AvgIpc) is 2.93. The molecule has 1 aliphatic heterocycles. The lowest BCUT2D eigenvalue weighted by Gasteiger charge is -2.31. The highest BCUT2D eigenvalue weighted by atomic mass is 35.5. The van der Waals surface area contributed by atoms with Gasteiger partial charge in [-0.15, -0.1) is 11.3 Å². The smallest absolute Gasteiger partial charge is 0.306 e. The maximum Gasteiger partial charge on any atom is 0.306 e. The first-order chi connectivity index (χ1) is 11.1. The highest BCUT2D eigenvalue weighted by molar-refractivity contribution is 7.26. The van der Waals surface area contributed by atoms with Crippen molar-refractivity contribution in [1.82, 2.24) is 9.97 Å². The second-order valence-corrected chi connectivity index (χ2v) is 7.08. The zero-order valence-electron chi connectivity index (χ0n) is 12.2. The minimum atomic E-state index is -0.711. The fourth-order valence-corrected chi connectivity index (χ4v) is 4.43. The summed E-state index contributed by atoms with van der Waals surface area (Å²) in [5.74, 6) is -0.149. The molecular weight excluding hydrogens is 334 g/mol. The van der Waals surface area contributed by atoms with E-state index in [-0.39, 0.29) is 11.2 Å². The van der Waals surface area contributed by atoms with Gasteiger partial charge in [-0.25, -0.2) is 4.98 Å². The molecule has 0 amide bonds. The molecule has 0 unspecified atom stereocenters. The molecule has 0 saturated carbocycles. The largest absolute Gasteiger partial charge is 0.481 e. The number of aliphatic carboxylic acids is 1. The maximum atomic E-state index is 11.1. The summed E-state index contributed by atoms with van der Waals surface area (Å²) in [5, 5.41) is 10.5. The van der Waals surface area contributed by atoms with E-state index in [9.17, 15) is 4.79 Å². The van der Waals surface area contributed by atoms with Gasteiger partial charge in [0, 0.05) is 23.2 Å². The Bertz CT molecular complexity index is 903. The van der Waals surface area contributed by atoms with E-state index >= 15 is 0 Å². The Hall–Kier alpha value is -1.92. The molecule has 1 saturated heterocycles. The van der Waals surface area contributed by atoms with E-state index < -0.39 is 5.97 Å². The van der Waals surface area contributed by atoms with Crippen LogP contribution in [0.15, 0.2) is 24.3 Å². The molecule has 2 aromatic heterocycles. The number of fused-ring (bicyclic) bond motifs is 3. The summed E-state index contributed by atoms with van der Waals surface area (Å²) in [6.07, 6.45) is 1.26. The van der Waals surface area contributed by atoms with Gasteiger partial charge in [-0.1, -0.05) is 18.2 Å². The molecule has 0 aliphatic carbocycles. The Kier molecular flexibility index (Phi) is 3.58.